The Labute approximate surface area is 141 Å². The van der Waals surface area contributed by atoms with Crippen molar-refractivity contribution in [2.45, 2.75) is 32.2 Å². The summed E-state index contributed by atoms with van der Waals surface area (Å²) in [5.41, 5.74) is -0.194. The van der Waals surface area contributed by atoms with Crippen LogP contribution in [0, 0.1) is 0 Å². The van der Waals surface area contributed by atoms with Crippen molar-refractivity contribution in [1.82, 2.24) is 10.2 Å². The predicted octanol–water partition coefficient (Wildman–Crippen LogP) is 2.98. The molecule has 1 aliphatic heterocycles. The van der Waals surface area contributed by atoms with Gasteiger partial charge in [0, 0.05) is 12.6 Å². The summed E-state index contributed by atoms with van der Waals surface area (Å²) < 4.78 is 40.6. The van der Waals surface area contributed by atoms with Gasteiger partial charge in [0.2, 0.25) is 5.91 Å². The molecule has 1 aromatic carbocycles. The van der Waals surface area contributed by atoms with Crippen LogP contribution < -0.4 is 10.1 Å². The molecule has 1 N–H and O–H groups in total. The number of likely N-dealkylation sites (tertiary alicyclic amines) is 1. The van der Waals surface area contributed by atoms with Gasteiger partial charge in [-0.25, -0.2) is 0 Å². The SMILES string of the molecule is C[C@@H]1CCCN1C(=O)CNC(=O)c1cccc(OC(F)(F)F)c1Cl. The van der Waals surface area contributed by atoms with E-state index in [0.29, 0.717) is 6.54 Å². The van der Waals surface area contributed by atoms with Gasteiger partial charge in [-0.2, -0.15) is 0 Å². The van der Waals surface area contributed by atoms with Crippen LogP contribution in [0.15, 0.2) is 18.2 Å². The molecule has 24 heavy (non-hydrogen) atoms. The van der Waals surface area contributed by atoms with E-state index in [2.05, 4.69) is 10.1 Å². The van der Waals surface area contributed by atoms with Crippen molar-refractivity contribution in [2.75, 3.05) is 13.1 Å². The summed E-state index contributed by atoms with van der Waals surface area (Å²) in [6.45, 7) is 2.30. The van der Waals surface area contributed by atoms with Crippen LogP contribution >= 0.6 is 11.6 Å². The lowest BCUT2D eigenvalue weighted by Crippen LogP contribution is -2.41. The van der Waals surface area contributed by atoms with Gasteiger partial charge in [-0.3, -0.25) is 9.59 Å². The molecule has 132 valence electrons. The van der Waals surface area contributed by atoms with Crippen LogP contribution in [0.1, 0.15) is 30.1 Å². The maximum atomic E-state index is 12.3. The van der Waals surface area contributed by atoms with Crippen molar-refractivity contribution >= 4 is 23.4 Å². The van der Waals surface area contributed by atoms with Gasteiger partial charge < -0.3 is 15.0 Å². The summed E-state index contributed by atoms with van der Waals surface area (Å²) >= 11 is 5.79. The predicted molar refractivity (Wildman–Crippen MR) is 80.9 cm³/mol. The molecule has 5 nitrogen and oxygen atoms in total. The molecule has 1 aliphatic rings. The van der Waals surface area contributed by atoms with Crippen LogP contribution in [-0.2, 0) is 4.79 Å². The number of amides is 2. The molecule has 0 radical (unpaired) electrons. The fourth-order valence-electron chi connectivity index (χ4n) is 2.55. The molecule has 1 heterocycles. The summed E-state index contributed by atoms with van der Waals surface area (Å²) in [6.07, 6.45) is -3.10. The molecule has 0 unspecified atom stereocenters. The number of hydrogen-bond donors (Lipinski definition) is 1. The molecule has 0 spiro atoms. The highest BCUT2D eigenvalue weighted by Crippen LogP contribution is 2.32. The number of benzene rings is 1. The monoisotopic (exact) mass is 364 g/mol. The highest BCUT2D eigenvalue weighted by atomic mass is 35.5. The second kappa shape index (κ2) is 7.29. The molecular formula is C15H16ClF3N2O3. The fraction of sp³-hybridized carbons (Fsp3) is 0.467. The smallest absolute Gasteiger partial charge is 0.404 e. The average Bonchev–Trinajstić information content (AvgIpc) is 2.91. The summed E-state index contributed by atoms with van der Waals surface area (Å²) in [4.78, 5) is 25.8. The minimum atomic E-state index is -4.92. The Morgan fingerprint density at radius 3 is 2.71 bits per heavy atom. The van der Waals surface area contributed by atoms with Gasteiger partial charge in [0.1, 0.15) is 5.75 Å². The number of alkyl halides is 3. The summed E-state index contributed by atoms with van der Waals surface area (Å²) in [7, 11) is 0. The number of nitrogens with zero attached hydrogens (tertiary/aromatic N) is 1. The van der Waals surface area contributed by atoms with E-state index in [1.165, 1.54) is 12.1 Å². The molecule has 9 heteroatoms. The first-order valence-corrected chi connectivity index (χ1v) is 7.69. The lowest BCUT2D eigenvalue weighted by molar-refractivity contribution is -0.274. The second-order valence-electron chi connectivity index (χ2n) is 5.43. The highest BCUT2D eigenvalue weighted by molar-refractivity contribution is 6.35. The van der Waals surface area contributed by atoms with Gasteiger partial charge in [0.05, 0.1) is 17.1 Å². The third-order valence-corrected chi connectivity index (χ3v) is 4.10. The van der Waals surface area contributed by atoms with Crippen molar-refractivity contribution in [3.05, 3.63) is 28.8 Å². The molecule has 1 aromatic rings. The summed E-state index contributed by atoms with van der Waals surface area (Å²) in [5, 5.41) is 1.91. The number of ether oxygens (including phenoxy) is 1. The molecular weight excluding hydrogens is 349 g/mol. The summed E-state index contributed by atoms with van der Waals surface area (Å²) in [5.74, 6) is -1.66. The van der Waals surface area contributed by atoms with Crippen molar-refractivity contribution < 1.29 is 27.5 Å². The lowest BCUT2D eigenvalue weighted by atomic mass is 10.2. The second-order valence-corrected chi connectivity index (χ2v) is 5.80. The Morgan fingerprint density at radius 2 is 2.12 bits per heavy atom. The quantitative estimate of drug-likeness (QED) is 0.893. The molecule has 1 fully saturated rings. The van der Waals surface area contributed by atoms with E-state index in [0.717, 1.165) is 18.9 Å². The van der Waals surface area contributed by atoms with Gasteiger partial charge in [-0.15, -0.1) is 13.2 Å². The zero-order valence-corrected chi connectivity index (χ0v) is 13.6. The number of rotatable bonds is 4. The minimum Gasteiger partial charge on any atom is -0.404 e. The first kappa shape index (κ1) is 18.4. The molecule has 2 amide bonds. The average molecular weight is 365 g/mol. The van der Waals surface area contributed by atoms with Crippen LogP contribution in [0.3, 0.4) is 0 Å². The Bertz CT molecular complexity index is 637. The minimum absolute atomic E-state index is 0.113. The first-order valence-electron chi connectivity index (χ1n) is 7.31. The fourth-order valence-corrected chi connectivity index (χ4v) is 2.80. The van der Waals surface area contributed by atoms with E-state index in [-0.39, 0.29) is 24.1 Å². The van der Waals surface area contributed by atoms with Crippen LogP contribution in [0.2, 0.25) is 5.02 Å². The standard InChI is InChI=1S/C15H16ClF3N2O3/c1-9-4-3-7-21(9)12(22)8-20-14(23)10-5-2-6-11(13(10)16)24-15(17,18)19/h2,5-6,9H,3-4,7-8H2,1H3,(H,20,23)/t9-/m1/s1. The first-order chi connectivity index (χ1) is 11.2. The Balaban J connectivity index is 2.02. The molecule has 0 aliphatic carbocycles. The topological polar surface area (TPSA) is 58.6 Å². The Kier molecular flexibility index (Phi) is 5.58. The molecule has 2 rings (SSSR count). The maximum absolute atomic E-state index is 12.3. The van der Waals surface area contributed by atoms with E-state index >= 15 is 0 Å². The van der Waals surface area contributed by atoms with Crippen molar-refractivity contribution in [3.63, 3.8) is 0 Å². The Hall–Kier alpha value is -1.96. The van der Waals surface area contributed by atoms with Gasteiger partial charge in [0.25, 0.3) is 5.91 Å². The van der Waals surface area contributed by atoms with Gasteiger partial charge in [-0.05, 0) is 31.9 Å². The van der Waals surface area contributed by atoms with Crippen LogP contribution in [0.5, 0.6) is 5.75 Å². The molecule has 0 aromatic heterocycles. The van der Waals surface area contributed by atoms with Crippen molar-refractivity contribution in [1.29, 1.82) is 0 Å². The van der Waals surface area contributed by atoms with Crippen molar-refractivity contribution in [2.24, 2.45) is 0 Å². The zero-order chi connectivity index (χ0) is 17.9. The largest absolute Gasteiger partial charge is 0.573 e. The van der Waals surface area contributed by atoms with Crippen LogP contribution in [0.25, 0.3) is 0 Å². The number of nitrogens with one attached hydrogen (secondary N) is 1. The molecule has 0 bridgehead atoms. The van der Waals surface area contributed by atoms with E-state index in [1.54, 1.807) is 4.90 Å². The van der Waals surface area contributed by atoms with Crippen molar-refractivity contribution in [3.8, 4) is 5.75 Å². The van der Waals surface area contributed by atoms with E-state index < -0.39 is 23.0 Å². The lowest BCUT2D eigenvalue weighted by Gasteiger charge is -2.21. The van der Waals surface area contributed by atoms with Gasteiger partial charge in [0.15, 0.2) is 0 Å². The molecule has 0 saturated carbocycles. The Morgan fingerprint density at radius 1 is 1.42 bits per heavy atom. The normalized spacial score (nSPS) is 17.7. The number of halogens is 4. The summed E-state index contributed by atoms with van der Waals surface area (Å²) in [6, 6.07) is 3.58. The van der Waals surface area contributed by atoms with Crippen LogP contribution in [-0.4, -0.2) is 42.2 Å². The van der Waals surface area contributed by atoms with Gasteiger partial charge >= 0.3 is 6.36 Å². The van der Waals surface area contributed by atoms with E-state index in [4.69, 9.17) is 11.6 Å². The number of carbonyl (C=O) groups excluding carboxylic acids is 2. The number of hydrogen-bond acceptors (Lipinski definition) is 3. The zero-order valence-electron chi connectivity index (χ0n) is 12.8. The van der Waals surface area contributed by atoms with E-state index in [9.17, 15) is 22.8 Å². The van der Waals surface area contributed by atoms with E-state index in [1.807, 2.05) is 6.92 Å². The van der Waals surface area contributed by atoms with Crippen LogP contribution in [0.4, 0.5) is 13.2 Å². The molecule has 1 atom stereocenters. The number of carbonyl (C=O) groups is 2. The maximum Gasteiger partial charge on any atom is 0.573 e. The third kappa shape index (κ3) is 4.53. The van der Waals surface area contributed by atoms with Gasteiger partial charge in [-0.1, -0.05) is 17.7 Å². The third-order valence-electron chi connectivity index (χ3n) is 3.71. The highest BCUT2D eigenvalue weighted by Gasteiger charge is 2.33. The molecule has 1 saturated heterocycles.